The number of rotatable bonds is 8. The van der Waals surface area contributed by atoms with Gasteiger partial charge in [0.05, 0.1) is 10.8 Å². The normalized spacial score (nSPS) is 11.9. The van der Waals surface area contributed by atoms with Crippen LogP contribution in [0, 0.1) is 6.92 Å². The summed E-state index contributed by atoms with van der Waals surface area (Å²) in [5.41, 5.74) is 1.52. The van der Waals surface area contributed by atoms with Gasteiger partial charge in [0.25, 0.3) is 0 Å². The van der Waals surface area contributed by atoms with Crippen LogP contribution in [0.25, 0.3) is 0 Å². The van der Waals surface area contributed by atoms with E-state index in [0.29, 0.717) is 44.0 Å². The summed E-state index contributed by atoms with van der Waals surface area (Å²) >= 11 is 19.6. The molecule has 0 bridgehead atoms. The molecular weight excluding hydrogens is 479 g/mol. The van der Waals surface area contributed by atoms with Crippen LogP contribution < -0.4 is 10.1 Å². The summed E-state index contributed by atoms with van der Waals surface area (Å²) in [6.07, 6.45) is -0.400. The summed E-state index contributed by atoms with van der Waals surface area (Å²) in [6, 6.07) is 10.4. The van der Waals surface area contributed by atoms with Gasteiger partial charge in [-0.25, -0.2) is 0 Å². The van der Waals surface area contributed by atoms with Gasteiger partial charge in [0.2, 0.25) is 5.91 Å². The molecule has 0 fully saturated rings. The second-order valence-electron chi connectivity index (χ2n) is 6.67. The minimum absolute atomic E-state index is 0.153. The largest absolute Gasteiger partial charge is 0.481 e. The lowest BCUT2D eigenvalue weighted by Gasteiger charge is -2.16. The first-order valence-electron chi connectivity index (χ1n) is 9.52. The van der Waals surface area contributed by atoms with Crippen molar-refractivity contribution in [2.75, 3.05) is 11.1 Å². The van der Waals surface area contributed by atoms with Crippen LogP contribution in [-0.4, -0.2) is 26.4 Å². The third-order valence-electron chi connectivity index (χ3n) is 4.50. The molecule has 0 radical (unpaired) electrons. The van der Waals surface area contributed by atoms with Crippen LogP contribution in [0.1, 0.15) is 31.3 Å². The maximum absolute atomic E-state index is 12.4. The van der Waals surface area contributed by atoms with E-state index in [9.17, 15) is 4.79 Å². The number of halogens is 3. The second-order valence-corrected chi connectivity index (χ2v) is 8.86. The zero-order chi connectivity index (χ0) is 22.5. The number of hydrogen-bond donors (Lipinski definition) is 1. The average Bonchev–Trinajstić information content (AvgIpc) is 3.15. The minimum atomic E-state index is -0.400. The van der Waals surface area contributed by atoms with Crippen molar-refractivity contribution >= 4 is 58.2 Å². The number of amides is 1. The molecule has 31 heavy (non-hydrogen) atoms. The summed E-state index contributed by atoms with van der Waals surface area (Å²) in [4.78, 5) is 12.4. The monoisotopic (exact) mass is 498 g/mol. The first kappa shape index (κ1) is 23.7. The Kier molecular flexibility index (Phi) is 8.11. The molecule has 1 N–H and O–H groups in total. The molecule has 6 nitrogen and oxygen atoms in total. The Morgan fingerprint density at radius 3 is 2.68 bits per heavy atom. The fourth-order valence-electron chi connectivity index (χ4n) is 2.88. The molecule has 0 saturated carbocycles. The molecule has 1 heterocycles. The van der Waals surface area contributed by atoms with E-state index in [-0.39, 0.29) is 11.7 Å². The van der Waals surface area contributed by atoms with Crippen molar-refractivity contribution in [3.05, 3.63) is 62.9 Å². The molecule has 2 aromatic carbocycles. The van der Waals surface area contributed by atoms with Crippen molar-refractivity contribution in [3.8, 4) is 5.75 Å². The quantitative estimate of drug-likeness (QED) is 0.361. The molecule has 0 aliphatic rings. The Labute approximate surface area is 200 Å². The van der Waals surface area contributed by atoms with Gasteiger partial charge in [-0.3, -0.25) is 4.79 Å². The van der Waals surface area contributed by atoms with Crippen LogP contribution in [0.3, 0.4) is 0 Å². The standard InChI is InChI=1S/C21H21Cl3N4O2S/c1-4-28-20(13(3)30-18-9-8-14(22)10-16(18)24)26-27-21(28)31-11-19(29)25-17-7-5-6-15(23)12(17)2/h5-10,13H,4,11H2,1-3H3,(H,25,29). The lowest BCUT2D eigenvalue weighted by molar-refractivity contribution is -0.113. The predicted octanol–water partition coefficient (Wildman–Crippen LogP) is 6.44. The predicted molar refractivity (Wildman–Crippen MR) is 127 cm³/mol. The van der Waals surface area contributed by atoms with E-state index in [0.717, 1.165) is 5.56 Å². The van der Waals surface area contributed by atoms with Crippen LogP contribution in [0.2, 0.25) is 15.1 Å². The van der Waals surface area contributed by atoms with Gasteiger partial charge in [-0.1, -0.05) is 52.6 Å². The van der Waals surface area contributed by atoms with Crippen molar-refractivity contribution < 1.29 is 9.53 Å². The number of carbonyl (C=O) groups is 1. The van der Waals surface area contributed by atoms with Crippen LogP contribution >= 0.6 is 46.6 Å². The molecule has 1 amide bonds. The molecule has 10 heteroatoms. The van der Waals surface area contributed by atoms with Crippen molar-refractivity contribution in [2.45, 2.75) is 38.6 Å². The zero-order valence-electron chi connectivity index (χ0n) is 17.2. The van der Waals surface area contributed by atoms with E-state index in [4.69, 9.17) is 39.5 Å². The van der Waals surface area contributed by atoms with E-state index in [2.05, 4.69) is 15.5 Å². The third-order valence-corrected chi connectivity index (χ3v) is 6.40. The van der Waals surface area contributed by atoms with Crippen LogP contribution in [-0.2, 0) is 11.3 Å². The molecule has 1 atom stereocenters. The average molecular weight is 500 g/mol. The number of benzene rings is 2. The van der Waals surface area contributed by atoms with Gasteiger partial charge in [-0.05, 0) is 56.7 Å². The number of nitrogens with one attached hydrogen (secondary N) is 1. The molecule has 3 rings (SSSR count). The summed E-state index contributed by atoms with van der Waals surface area (Å²) in [5.74, 6) is 1.18. The van der Waals surface area contributed by atoms with Gasteiger partial charge in [0.15, 0.2) is 17.1 Å². The van der Waals surface area contributed by atoms with Crippen molar-refractivity contribution in [1.82, 2.24) is 14.8 Å². The maximum atomic E-state index is 12.4. The number of ether oxygens (including phenoxy) is 1. The van der Waals surface area contributed by atoms with E-state index in [1.165, 1.54) is 11.8 Å². The van der Waals surface area contributed by atoms with E-state index < -0.39 is 6.10 Å². The highest BCUT2D eigenvalue weighted by Crippen LogP contribution is 2.32. The molecule has 0 spiro atoms. The van der Waals surface area contributed by atoms with E-state index in [1.807, 2.05) is 31.4 Å². The molecule has 1 aromatic heterocycles. The van der Waals surface area contributed by atoms with Crippen molar-refractivity contribution in [2.24, 2.45) is 0 Å². The van der Waals surface area contributed by atoms with Gasteiger partial charge in [-0.2, -0.15) is 0 Å². The topological polar surface area (TPSA) is 69.0 Å². The summed E-state index contributed by atoms with van der Waals surface area (Å²) < 4.78 is 7.87. The summed E-state index contributed by atoms with van der Waals surface area (Å²) in [7, 11) is 0. The Morgan fingerprint density at radius 2 is 1.97 bits per heavy atom. The van der Waals surface area contributed by atoms with Gasteiger partial charge >= 0.3 is 0 Å². The molecule has 0 aliphatic heterocycles. The fraction of sp³-hybridized carbons (Fsp3) is 0.286. The highest BCUT2D eigenvalue weighted by Gasteiger charge is 2.20. The van der Waals surface area contributed by atoms with Crippen LogP contribution in [0.5, 0.6) is 5.75 Å². The SMILES string of the molecule is CCn1c(SCC(=O)Nc2cccc(Cl)c2C)nnc1C(C)Oc1ccc(Cl)cc1Cl. The van der Waals surface area contributed by atoms with Gasteiger partial charge < -0.3 is 14.6 Å². The Bertz CT molecular complexity index is 1090. The second kappa shape index (κ2) is 10.6. The lowest BCUT2D eigenvalue weighted by Crippen LogP contribution is -2.16. The maximum Gasteiger partial charge on any atom is 0.234 e. The third kappa shape index (κ3) is 5.86. The molecular formula is C21H21Cl3N4O2S. The molecule has 164 valence electrons. The summed E-state index contributed by atoms with van der Waals surface area (Å²) in [6.45, 7) is 6.33. The lowest BCUT2D eigenvalue weighted by atomic mass is 10.2. The highest BCUT2D eigenvalue weighted by molar-refractivity contribution is 7.99. The first-order valence-corrected chi connectivity index (χ1v) is 11.6. The molecule has 0 aliphatic carbocycles. The Hall–Kier alpha value is -1.93. The van der Waals surface area contributed by atoms with Crippen LogP contribution in [0.4, 0.5) is 5.69 Å². The molecule has 0 saturated heterocycles. The van der Waals surface area contributed by atoms with Crippen LogP contribution in [0.15, 0.2) is 41.6 Å². The minimum Gasteiger partial charge on any atom is -0.481 e. The number of carbonyl (C=O) groups excluding carboxylic acids is 1. The zero-order valence-corrected chi connectivity index (χ0v) is 20.2. The summed E-state index contributed by atoms with van der Waals surface area (Å²) in [5, 5.41) is 13.6. The Morgan fingerprint density at radius 1 is 1.19 bits per heavy atom. The fourth-order valence-corrected chi connectivity index (χ4v) is 4.31. The van der Waals surface area contributed by atoms with E-state index >= 15 is 0 Å². The Balaban J connectivity index is 1.66. The number of hydrogen-bond acceptors (Lipinski definition) is 5. The number of anilines is 1. The first-order chi connectivity index (χ1) is 14.8. The van der Waals surface area contributed by atoms with E-state index in [1.54, 1.807) is 30.3 Å². The van der Waals surface area contributed by atoms with Gasteiger partial charge in [0.1, 0.15) is 5.75 Å². The highest BCUT2D eigenvalue weighted by atomic mass is 35.5. The number of nitrogens with zero attached hydrogens (tertiary/aromatic N) is 3. The number of thioether (sulfide) groups is 1. The van der Waals surface area contributed by atoms with Gasteiger partial charge in [0, 0.05) is 22.3 Å². The number of aromatic nitrogens is 3. The smallest absolute Gasteiger partial charge is 0.234 e. The van der Waals surface area contributed by atoms with Crippen molar-refractivity contribution in [1.29, 1.82) is 0 Å². The van der Waals surface area contributed by atoms with Crippen molar-refractivity contribution in [3.63, 3.8) is 0 Å². The molecule has 3 aromatic rings. The molecule has 1 unspecified atom stereocenters. The van der Waals surface area contributed by atoms with Gasteiger partial charge in [-0.15, -0.1) is 10.2 Å².